The highest BCUT2D eigenvalue weighted by atomic mass is 19.4. The molecule has 17 heavy (non-hydrogen) atoms. The summed E-state index contributed by atoms with van der Waals surface area (Å²) in [7, 11) is 0. The third kappa shape index (κ3) is 3.93. The van der Waals surface area contributed by atoms with E-state index in [1.807, 2.05) is 0 Å². The van der Waals surface area contributed by atoms with Crippen molar-refractivity contribution in [2.24, 2.45) is 0 Å². The van der Waals surface area contributed by atoms with Crippen molar-refractivity contribution in [3.05, 3.63) is 29.6 Å². The molecule has 0 aliphatic heterocycles. The molecule has 0 fully saturated rings. The van der Waals surface area contributed by atoms with Gasteiger partial charge in [0, 0.05) is 0 Å². The average Bonchev–Trinajstić information content (AvgIpc) is 2.19. The van der Waals surface area contributed by atoms with E-state index in [4.69, 9.17) is 0 Å². The molecule has 0 amide bonds. The quantitative estimate of drug-likeness (QED) is 0.613. The van der Waals surface area contributed by atoms with Crippen molar-refractivity contribution < 1.29 is 31.8 Å². The van der Waals surface area contributed by atoms with Crippen LogP contribution in [0.4, 0.5) is 17.6 Å². The normalized spacial score (nSPS) is 11.1. The molecule has 0 unspecified atom stereocenters. The van der Waals surface area contributed by atoms with E-state index in [2.05, 4.69) is 9.47 Å². The molecule has 1 aromatic rings. The Kier molecular flexibility index (Phi) is 3.93. The standard InChI is InChI=1S/C10H8F4O3/c1-2-16-9(15)6-3-4-8(7(11)5-6)17-10(12,13)14/h3-5H,2H2,1H3. The van der Waals surface area contributed by atoms with E-state index in [1.165, 1.54) is 0 Å². The number of benzene rings is 1. The molecule has 3 nitrogen and oxygen atoms in total. The van der Waals surface area contributed by atoms with Crippen LogP contribution in [-0.2, 0) is 4.74 Å². The molecule has 0 saturated carbocycles. The number of halogens is 4. The number of rotatable bonds is 3. The smallest absolute Gasteiger partial charge is 0.462 e. The first-order chi connectivity index (χ1) is 7.83. The van der Waals surface area contributed by atoms with Crippen LogP contribution >= 0.6 is 0 Å². The van der Waals surface area contributed by atoms with Crippen molar-refractivity contribution in [1.29, 1.82) is 0 Å². The first-order valence-corrected chi connectivity index (χ1v) is 4.56. The lowest BCUT2D eigenvalue weighted by Crippen LogP contribution is -2.18. The van der Waals surface area contributed by atoms with Crippen molar-refractivity contribution in [2.75, 3.05) is 6.61 Å². The lowest BCUT2D eigenvalue weighted by molar-refractivity contribution is -0.275. The van der Waals surface area contributed by atoms with Gasteiger partial charge in [0.2, 0.25) is 0 Å². The summed E-state index contributed by atoms with van der Waals surface area (Å²) in [4.78, 5) is 11.1. The van der Waals surface area contributed by atoms with Gasteiger partial charge in [0.25, 0.3) is 0 Å². The minimum absolute atomic E-state index is 0.0846. The molecule has 0 aliphatic rings. The Morgan fingerprint density at radius 2 is 2.00 bits per heavy atom. The molecule has 0 spiro atoms. The predicted octanol–water partition coefficient (Wildman–Crippen LogP) is 2.90. The van der Waals surface area contributed by atoms with Crippen molar-refractivity contribution in [2.45, 2.75) is 13.3 Å². The SMILES string of the molecule is CCOC(=O)c1ccc(OC(F)(F)F)c(F)c1. The maximum Gasteiger partial charge on any atom is 0.573 e. The maximum absolute atomic E-state index is 13.1. The molecule has 1 aromatic carbocycles. The van der Waals surface area contributed by atoms with Crippen LogP contribution in [-0.4, -0.2) is 18.9 Å². The fraction of sp³-hybridized carbons (Fsp3) is 0.300. The largest absolute Gasteiger partial charge is 0.573 e. The Hall–Kier alpha value is -1.79. The fourth-order valence-electron chi connectivity index (χ4n) is 1.05. The van der Waals surface area contributed by atoms with Gasteiger partial charge in [0.1, 0.15) is 0 Å². The maximum atomic E-state index is 13.1. The number of carbonyl (C=O) groups is 1. The second kappa shape index (κ2) is 5.03. The lowest BCUT2D eigenvalue weighted by Gasteiger charge is -2.10. The van der Waals surface area contributed by atoms with Gasteiger partial charge in [-0.3, -0.25) is 0 Å². The van der Waals surface area contributed by atoms with Crippen LogP contribution < -0.4 is 4.74 Å². The molecule has 94 valence electrons. The minimum atomic E-state index is -4.98. The Balaban J connectivity index is 2.90. The number of ether oxygens (including phenoxy) is 2. The van der Waals surface area contributed by atoms with Crippen LogP contribution in [0.5, 0.6) is 5.75 Å². The third-order valence-corrected chi connectivity index (χ3v) is 1.67. The summed E-state index contributed by atoms with van der Waals surface area (Å²) in [5.41, 5.74) is -0.182. The van der Waals surface area contributed by atoms with E-state index in [9.17, 15) is 22.4 Å². The zero-order chi connectivity index (χ0) is 13.1. The van der Waals surface area contributed by atoms with Gasteiger partial charge in [-0.1, -0.05) is 0 Å². The Bertz CT molecular complexity index is 415. The van der Waals surface area contributed by atoms with Gasteiger partial charge in [-0.15, -0.1) is 13.2 Å². The molecule has 0 N–H and O–H groups in total. The predicted molar refractivity (Wildman–Crippen MR) is 49.0 cm³/mol. The first kappa shape index (κ1) is 13.3. The Morgan fingerprint density at radius 1 is 1.35 bits per heavy atom. The summed E-state index contributed by atoms with van der Waals surface area (Å²) in [6.45, 7) is 1.64. The molecule has 1 rings (SSSR count). The van der Waals surface area contributed by atoms with Gasteiger partial charge in [0.05, 0.1) is 12.2 Å². The molecule has 0 bridgehead atoms. The van der Waals surface area contributed by atoms with Crippen LogP contribution in [0.3, 0.4) is 0 Å². The number of hydrogen-bond acceptors (Lipinski definition) is 3. The Labute approximate surface area is 93.9 Å². The second-order valence-corrected chi connectivity index (χ2v) is 2.91. The molecule has 0 heterocycles. The van der Waals surface area contributed by atoms with Crippen LogP contribution in [0.15, 0.2) is 18.2 Å². The van der Waals surface area contributed by atoms with E-state index in [0.29, 0.717) is 6.07 Å². The molecule has 0 saturated heterocycles. The van der Waals surface area contributed by atoms with Gasteiger partial charge in [0.15, 0.2) is 11.6 Å². The lowest BCUT2D eigenvalue weighted by atomic mass is 10.2. The number of alkyl halides is 3. The van der Waals surface area contributed by atoms with E-state index < -0.39 is 23.9 Å². The zero-order valence-electron chi connectivity index (χ0n) is 8.68. The molecule has 0 atom stereocenters. The van der Waals surface area contributed by atoms with Gasteiger partial charge in [-0.05, 0) is 25.1 Å². The minimum Gasteiger partial charge on any atom is -0.462 e. The molecule has 0 aromatic heterocycles. The van der Waals surface area contributed by atoms with Gasteiger partial charge < -0.3 is 9.47 Å². The van der Waals surface area contributed by atoms with Crippen molar-refractivity contribution in [1.82, 2.24) is 0 Å². The number of carbonyl (C=O) groups excluding carboxylic acids is 1. The van der Waals surface area contributed by atoms with Gasteiger partial charge in [-0.2, -0.15) is 0 Å². The van der Waals surface area contributed by atoms with Gasteiger partial charge in [-0.25, -0.2) is 9.18 Å². The van der Waals surface area contributed by atoms with E-state index >= 15 is 0 Å². The fourth-order valence-corrected chi connectivity index (χ4v) is 1.05. The summed E-state index contributed by atoms with van der Waals surface area (Å²) in [5.74, 6) is -3.09. The van der Waals surface area contributed by atoms with E-state index in [1.54, 1.807) is 6.92 Å². The third-order valence-electron chi connectivity index (χ3n) is 1.67. The molecule has 0 radical (unpaired) electrons. The topological polar surface area (TPSA) is 35.5 Å². The first-order valence-electron chi connectivity index (χ1n) is 4.56. The summed E-state index contributed by atoms with van der Waals surface area (Å²) in [5, 5.41) is 0. The summed E-state index contributed by atoms with van der Waals surface area (Å²) in [6.07, 6.45) is -4.98. The molecule has 0 aliphatic carbocycles. The van der Waals surface area contributed by atoms with Crippen LogP contribution in [0.2, 0.25) is 0 Å². The van der Waals surface area contributed by atoms with Crippen LogP contribution in [0.25, 0.3) is 0 Å². The summed E-state index contributed by atoms with van der Waals surface area (Å²) in [6, 6.07) is 2.33. The highest BCUT2D eigenvalue weighted by molar-refractivity contribution is 5.89. The highest BCUT2D eigenvalue weighted by Crippen LogP contribution is 2.26. The molecule has 7 heteroatoms. The monoisotopic (exact) mass is 252 g/mol. The Morgan fingerprint density at radius 3 is 2.47 bits per heavy atom. The summed E-state index contributed by atoms with van der Waals surface area (Å²) < 4.78 is 56.6. The van der Waals surface area contributed by atoms with E-state index in [0.717, 1.165) is 12.1 Å². The van der Waals surface area contributed by atoms with Gasteiger partial charge >= 0.3 is 12.3 Å². The second-order valence-electron chi connectivity index (χ2n) is 2.91. The average molecular weight is 252 g/mol. The number of esters is 1. The highest BCUT2D eigenvalue weighted by Gasteiger charge is 2.32. The number of hydrogen-bond donors (Lipinski definition) is 0. The van der Waals surface area contributed by atoms with Crippen molar-refractivity contribution in [3.8, 4) is 5.75 Å². The van der Waals surface area contributed by atoms with E-state index in [-0.39, 0.29) is 12.2 Å². The van der Waals surface area contributed by atoms with Crippen LogP contribution in [0.1, 0.15) is 17.3 Å². The van der Waals surface area contributed by atoms with Crippen molar-refractivity contribution in [3.63, 3.8) is 0 Å². The molecular weight excluding hydrogens is 244 g/mol. The summed E-state index contributed by atoms with van der Waals surface area (Å²) >= 11 is 0. The van der Waals surface area contributed by atoms with Crippen LogP contribution in [0, 0.1) is 5.82 Å². The van der Waals surface area contributed by atoms with Crippen molar-refractivity contribution >= 4 is 5.97 Å². The molecular formula is C10H8F4O3. The zero-order valence-corrected chi connectivity index (χ0v) is 8.68.